The first-order valence-electron chi connectivity index (χ1n) is 4.49. The lowest BCUT2D eigenvalue weighted by Crippen LogP contribution is -1.82. The fourth-order valence-electron chi connectivity index (χ4n) is 1.46. The molecule has 0 spiro atoms. The number of aromatic amines is 1. The highest BCUT2D eigenvalue weighted by Crippen LogP contribution is 2.21. The standard InChI is InChI=1S/C10H5F2N3O/c11-5-3-8-9(4-6(5)12)14-10(13-8)7-1-2-16-15-7/h1-4H,(H,13,14). The number of nitrogens with one attached hydrogen (secondary N) is 1. The van der Waals surface area contributed by atoms with Gasteiger partial charge in [0.2, 0.25) is 0 Å². The van der Waals surface area contributed by atoms with Crippen molar-refractivity contribution in [2.45, 2.75) is 0 Å². The number of halogens is 2. The quantitative estimate of drug-likeness (QED) is 0.686. The van der Waals surface area contributed by atoms with E-state index in [2.05, 4.69) is 19.6 Å². The second-order valence-corrected chi connectivity index (χ2v) is 3.25. The number of aromatic nitrogens is 3. The molecule has 3 aromatic rings. The van der Waals surface area contributed by atoms with Crippen molar-refractivity contribution in [2.75, 3.05) is 0 Å². The van der Waals surface area contributed by atoms with Crippen LogP contribution in [-0.4, -0.2) is 15.1 Å². The number of hydrogen-bond acceptors (Lipinski definition) is 3. The first-order valence-corrected chi connectivity index (χ1v) is 4.49. The molecule has 4 nitrogen and oxygen atoms in total. The van der Waals surface area contributed by atoms with Gasteiger partial charge in [-0.3, -0.25) is 0 Å². The highest BCUT2D eigenvalue weighted by Gasteiger charge is 2.11. The van der Waals surface area contributed by atoms with Crippen LogP contribution in [0, 0.1) is 11.6 Å². The van der Waals surface area contributed by atoms with Gasteiger partial charge in [-0.1, -0.05) is 5.16 Å². The van der Waals surface area contributed by atoms with Crippen LogP contribution in [0.5, 0.6) is 0 Å². The van der Waals surface area contributed by atoms with E-state index in [0.29, 0.717) is 22.6 Å². The van der Waals surface area contributed by atoms with E-state index >= 15 is 0 Å². The molecule has 3 rings (SSSR count). The first-order chi connectivity index (χ1) is 7.74. The lowest BCUT2D eigenvalue weighted by molar-refractivity contribution is 0.422. The maximum atomic E-state index is 12.9. The summed E-state index contributed by atoms with van der Waals surface area (Å²) in [6.07, 6.45) is 1.39. The van der Waals surface area contributed by atoms with E-state index in [0.717, 1.165) is 12.1 Å². The Balaban J connectivity index is 2.23. The van der Waals surface area contributed by atoms with E-state index in [-0.39, 0.29) is 0 Å². The molecule has 0 bridgehead atoms. The molecule has 2 aromatic heterocycles. The molecule has 0 amide bonds. The number of imidazole rings is 1. The Bertz CT molecular complexity index is 606. The van der Waals surface area contributed by atoms with Crippen LogP contribution in [0.2, 0.25) is 0 Å². The molecule has 2 heterocycles. The van der Waals surface area contributed by atoms with Crippen LogP contribution in [-0.2, 0) is 0 Å². The number of hydrogen-bond donors (Lipinski definition) is 1. The fraction of sp³-hybridized carbons (Fsp3) is 0. The maximum absolute atomic E-state index is 12.9. The molecular weight excluding hydrogens is 216 g/mol. The summed E-state index contributed by atoms with van der Waals surface area (Å²) in [7, 11) is 0. The molecule has 0 unspecified atom stereocenters. The minimum absolute atomic E-state index is 0.344. The van der Waals surface area contributed by atoms with E-state index in [1.165, 1.54) is 6.26 Å². The Hall–Kier alpha value is -2.24. The summed E-state index contributed by atoms with van der Waals surface area (Å²) in [5.41, 5.74) is 1.24. The highest BCUT2D eigenvalue weighted by molar-refractivity contribution is 5.78. The molecule has 0 aliphatic heterocycles. The van der Waals surface area contributed by atoms with Gasteiger partial charge in [0.1, 0.15) is 12.0 Å². The van der Waals surface area contributed by atoms with Gasteiger partial charge in [0.25, 0.3) is 0 Å². The normalized spacial score (nSPS) is 11.1. The predicted octanol–water partition coefficient (Wildman–Crippen LogP) is 2.50. The van der Waals surface area contributed by atoms with Crippen molar-refractivity contribution in [3.05, 3.63) is 36.1 Å². The molecule has 0 saturated heterocycles. The number of nitrogens with zero attached hydrogens (tertiary/aromatic N) is 2. The van der Waals surface area contributed by atoms with Gasteiger partial charge >= 0.3 is 0 Å². The second-order valence-electron chi connectivity index (χ2n) is 3.25. The molecule has 6 heteroatoms. The second kappa shape index (κ2) is 3.13. The van der Waals surface area contributed by atoms with Crippen molar-refractivity contribution >= 4 is 11.0 Å². The fourth-order valence-corrected chi connectivity index (χ4v) is 1.46. The summed E-state index contributed by atoms with van der Waals surface area (Å²) in [5.74, 6) is -1.43. The Morgan fingerprint density at radius 3 is 2.75 bits per heavy atom. The minimum Gasteiger partial charge on any atom is -0.364 e. The average Bonchev–Trinajstić information content (AvgIpc) is 2.86. The van der Waals surface area contributed by atoms with Gasteiger partial charge < -0.3 is 9.51 Å². The van der Waals surface area contributed by atoms with Gasteiger partial charge in [-0.15, -0.1) is 0 Å². The summed E-state index contributed by atoms with van der Waals surface area (Å²) >= 11 is 0. The van der Waals surface area contributed by atoms with Crippen molar-refractivity contribution in [3.63, 3.8) is 0 Å². The van der Waals surface area contributed by atoms with Gasteiger partial charge in [-0.25, -0.2) is 13.8 Å². The molecular formula is C10H5F2N3O. The molecule has 0 fully saturated rings. The van der Waals surface area contributed by atoms with Crippen molar-refractivity contribution < 1.29 is 13.3 Å². The molecule has 0 radical (unpaired) electrons. The first kappa shape index (κ1) is 9.02. The molecule has 0 atom stereocenters. The molecule has 0 aliphatic rings. The Morgan fingerprint density at radius 2 is 2.00 bits per heavy atom. The molecule has 0 aliphatic carbocycles. The molecule has 1 N–H and O–H groups in total. The maximum Gasteiger partial charge on any atom is 0.161 e. The highest BCUT2D eigenvalue weighted by atomic mass is 19.2. The van der Waals surface area contributed by atoms with E-state index in [1.807, 2.05) is 0 Å². The summed E-state index contributed by atoms with van der Waals surface area (Å²) < 4.78 is 30.5. The lowest BCUT2D eigenvalue weighted by atomic mass is 10.3. The zero-order valence-electron chi connectivity index (χ0n) is 7.87. The van der Waals surface area contributed by atoms with E-state index < -0.39 is 11.6 Å². The topological polar surface area (TPSA) is 54.7 Å². The minimum atomic E-state index is -0.925. The van der Waals surface area contributed by atoms with Gasteiger partial charge in [-0.2, -0.15) is 0 Å². The Morgan fingerprint density at radius 1 is 1.19 bits per heavy atom. The largest absolute Gasteiger partial charge is 0.364 e. The third kappa shape index (κ3) is 1.27. The van der Waals surface area contributed by atoms with Gasteiger partial charge in [0.05, 0.1) is 11.0 Å². The van der Waals surface area contributed by atoms with Crippen molar-refractivity contribution in [2.24, 2.45) is 0 Å². The van der Waals surface area contributed by atoms with Crippen molar-refractivity contribution in [3.8, 4) is 11.5 Å². The third-order valence-corrected chi connectivity index (χ3v) is 2.20. The molecule has 0 saturated carbocycles. The smallest absolute Gasteiger partial charge is 0.161 e. The van der Waals surface area contributed by atoms with Gasteiger partial charge in [0, 0.05) is 18.2 Å². The average molecular weight is 221 g/mol. The Labute approximate surface area is 87.9 Å². The summed E-state index contributed by atoms with van der Waals surface area (Å²) in [4.78, 5) is 6.90. The predicted molar refractivity (Wildman–Crippen MR) is 51.5 cm³/mol. The SMILES string of the molecule is Fc1cc2nc(-c3ccon3)[nH]c2cc1F. The van der Waals surface area contributed by atoms with Crippen molar-refractivity contribution in [1.29, 1.82) is 0 Å². The number of fused-ring (bicyclic) bond motifs is 1. The van der Waals surface area contributed by atoms with E-state index in [4.69, 9.17) is 0 Å². The van der Waals surface area contributed by atoms with Crippen LogP contribution >= 0.6 is 0 Å². The summed E-state index contributed by atoms with van der Waals surface area (Å²) in [6.45, 7) is 0. The molecule has 80 valence electrons. The van der Waals surface area contributed by atoms with E-state index in [9.17, 15) is 8.78 Å². The van der Waals surface area contributed by atoms with Crippen LogP contribution in [0.4, 0.5) is 8.78 Å². The van der Waals surface area contributed by atoms with Crippen LogP contribution in [0.25, 0.3) is 22.6 Å². The van der Waals surface area contributed by atoms with Gasteiger partial charge in [0.15, 0.2) is 17.5 Å². The number of H-pyrrole nitrogens is 1. The molecule has 16 heavy (non-hydrogen) atoms. The van der Waals surface area contributed by atoms with E-state index in [1.54, 1.807) is 6.07 Å². The number of rotatable bonds is 1. The monoisotopic (exact) mass is 221 g/mol. The van der Waals surface area contributed by atoms with Crippen molar-refractivity contribution in [1.82, 2.24) is 15.1 Å². The van der Waals surface area contributed by atoms with Crippen LogP contribution in [0.15, 0.2) is 29.0 Å². The van der Waals surface area contributed by atoms with Gasteiger partial charge in [-0.05, 0) is 0 Å². The zero-order valence-corrected chi connectivity index (χ0v) is 7.87. The summed E-state index contributed by atoms with van der Waals surface area (Å²) in [6, 6.07) is 3.69. The lowest BCUT2D eigenvalue weighted by Gasteiger charge is -1.90. The van der Waals surface area contributed by atoms with Crippen LogP contribution in [0.3, 0.4) is 0 Å². The van der Waals surface area contributed by atoms with Crippen LogP contribution in [0.1, 0.15) is 0 Å². The molecule has 1 aromatic carbocycles. The number of benzene rings is 1. The third-order valence-electron chi connectivity index (χ3n) is 2.20. The zero-order chi connectivity index (χ0) is 11.1. The Kier molecular flexibility index (Phi) is 1.76. The van der Waals surface area contributed by atoms with Crippen LogP contribution < -0.4 is 0 Å². The summed E-state index contributed by atoms with van der Waals surface area (Å²) in [5, 5.41) is 3.67.